The van der Waals surface area contributed by atoms with Gasteiger partial charge in [-0.1, -0.05) is 20.8 Å². The summed E-state index contributed by atoms with van der Waals surface area (Å²) in [7, 11) is 0. The third kappa shape index (κ3) is 4.52. The summed E-state index contributed by atoms with van der Waals surface area (Å²) in [6, 6.07) is 0.530. The average molecular weight is 213 g/mol. The lowest BCUT2D eigenvalue weighted by atomic mass is 9.81. The third-order valence-electron chi connectivity index (χ3n) is 2.92. The first-order valence-electron chi connectivity index (χ1n) is 6.09. The fourth-order valence-corrected chi connectivity index (χ4v) is 2.80. The van der Waals surface area contributed by atoms with Gasteiger partial charge in [0.2, 0.25) is 0 Å². The van der Waals surface area contributed by atoms with Gasteiger partial charge in [-0.15, -0.1) is 0 Å². The van der Waals surface area contributed by atoms with Crippen LogP contribution in [0.4, 0.5) is 0 Å². The number of rotatable bonds is 3. The van der Waals surface area contributed by atoms with Crippen molar-refractivity contribution in [3.05, 3.63) is 0 Å². The lowest BCUT2D eigenvalue weighted by Gasteiger charge is -2.36. The Morgan fingerprint density at radius 3 is 2.20 bits per heavy atom. The van der Waals surface area contributed by atoms with Gasteiger partial charge < -0.3 is 10.1 Å². The second-order valence-corrected chi connectivity index (χ2v) is 6.74. The molecule has 2 atom stereocenters. The maximum Gasteiger partial charge on any atom is 0.0700 e. The van der Waals surface area contributed by atoms with E-state index in [0.29, 0.717) is 17.6 Å². The van der Waals surface area contributed by atoms with Gasteiger partial charge in [-0.2, -0.15) is 0 Å². The zero-order valence-corrected chi connectivity index (χ0v) is 11.2. The van der Waals surface area contributed by atoms with Crippen molar-refractivity contribution in [2.24, 2.45) is 5.41 Å². The minimum Gasteiger partial charge on any atom is -0.377 e. The summed E-state index contributed by atoms with van der Waals surface area (Å²) in [6.07, 6.45) is 2.70. The third-order valence-corrected chi connectivity index (χ3v) is 2.92. The van der Waals surface area contributed by atoms with Gasteiger partial charge in [-0.25, -0.2) is 0 Å². The molecule has 0 aromatic heterocycles. The molecule has 1 N–H and O–H groups in total. The summed E-state index contributed by atoms with van der Waals surface area (Å²) in [6.45, 7) is 14.6. The SMILES string of the molecule is CC1OCCC1NC(C)(C)CC(C)(C)C. The zero-order chi connectivity index (χ0) is 11.7. The van der Waals surface area contributed by atoms with Crippen LogP contribution < -0.4 is 5.32 Å². The predicted octanol–water partition coefficient (Wildman–Crippen LogP) is 2.97. The van der Waals surface area contributed by atoms with E-state index in [1.165, 1.54) is 6.42 Å². The van der Waals surface area contributed by atoms with Crippen LogP contribution in [-0.4, -0.2) is 24.3 Å². The Kier molecular flexibility index (Phi) is 3.83. The molecule has 0 bridgehead atoms. The quantitative estimate of drug-likeness (QED) is 0.778. The molecule has 0 aromatic rings. The van der Waals surface area contributed by atoms with Crippen LogP contribution in [0.2, 0.25) is 0 Å². The molecule has 15 heavy (non-hydrogen) atoms. The molecule has 1 rings (SSSR count). The molecule has 1 saturated heterocycles. The fourth-order valence-electron chi connectivity index (χ4n) is 2.80. The topological polar surface area (TPSA) is 21.3 Å². The van der Waals surface area contributed by atoms with E-state index in [0.717, 1.165) is 13.0 Å². The highest BCUT2D eigenvalue weighted by molar-refractivity contribution is 4.90. The predicted molar refractivity (Wildman–Crippen MR) is 65.1 cm³/mol. The van der Waals surface area contributed by atoms with Crippen molar-refractivity contribution in [1.29, 1.82) is 0 Å². The highest BCUT2D eigenvalue weighted by Gasteiger charge is 2.32. The minimum atomic E-state index is 0.199. The second-order valence-electron chi connectivity index (χ2n) is 6.74. The standard InChI is InChI=1S/C13H27NO/c1-10-11(7-8-15-10)14-13(5,6)9-12(2,3)4/h10-11,14H,7-9H2,1-6H3. The first-order chi connectivity index (χ1) is 6.70. The van der Waals surface area contributed by atoms with Crippen LogP contribution in [0.15, 0.2) is 0 Å². The van der Waals surface area contributed by atoms with Crippen molar-refractivity contribution >= 4 is 0 Å². The summed E-state index contributed by atoms with van der Waals surface area (Å²) in [5, 5.41) is 3.74. The molecule has 0 aliphatic carbocycles. The van der Waals surface area contributed by atoms with Gasteiger partial charge in [0.25, 0.3) is 0 Å². The normalized spacial score (nSPS) is 28.4. The highest BCUT2D eigenvalue weighted by atomic mass is 16.5. The molecule has 1 aliphatic heterocycles. The van der Waals surface area contributed by atoms with Crippen LogP contribution in [0.3, 0.4) is 0 Å². The molecule has 2 nitrogen and oxygen atoms in total. The number of ether oxygens (including phenoxy) is 1. The zero-order valence-electron chi connectivity index (χ0n) is 11.2. The fraction of sp³-hybridized carbons (Fsp3) is 1.00. The van der Waals surface area contributed by atoms with Crippen LogP contribution in [0.25, 0.3) is 0 Å². The molecule has 1 fully saturated rings. The molecular weight excluding hydrogens is 186 g/mol. The maximum absolute atomic E-state index is 5.58. The van der Waals surface area contributed by atoms with Gasteiger partial charge in [0, 0.05) is 18.2 Å². The van der Waals surface area contributed by atoms with E-state index in [1.807, 2.05) is 0 Å². The summed E-state index contributed by atoms with van der Waals surface area (Å²) in [5.41, 5.74) is 0.573. The van der Waals surface area contributed by atoms with Crippen molar-refractivity contribution in [2.45, 2.75) is 72.1 Å². The summed E-state index contributed by atoms with van der Waals surface area (Å²) in [4.78, 5) is 0. The van der Waals surface area contributed by atoms with Crippen LogP contribution in [0.5, 0.6) is 0 Å². The first-order valence-corrected chi connectivity index (χ1v) is 6.09. The average Bonchev–Trinajstić information content (AvgIpc) is 2.29. The monoisotopic (exact) mass is 213 g/mol. The molecule has 0 radical (unpaired) electrons. The van der Waals surface area contributed by atoms with Gasteiger partial charge in [-0.3, -0.25) is 0 Å². The van der Waals surface area contributed by atoms with E-state index in [4.69, 9.17) is 4.74 Å². The molecule has 0 saturated carbocycles. The Morgan fingerprint density at radius 2 is 1.80 bits per heavy atom. The highest BCUT2D eigenvalue weighted by Crippen LogP contribution is 2.28. The molecule has 2 heteroatoms. The summed E-state index contributed by atoms with van der Waals surface area (Å²) >= 11 is 0. The number of hydrogen-bond donors (Lipinski definition) is 1. The second kappa shape index (κ2) is 4.42. The Balaban J connectivity index is 2.48. The van der Waals surface area contributed by atoms with Gasteiger partial charge in [0.1, 0.15) is 0 Å². The van der Waals surface area contributed by atoms with Crippen molar-refractivity contribution < 1.29 is 4.74 Å². The Labute approximate surface area is 94.8 Å². The van der Waals surface area contributed by atoms with Gasteiger partial charge in [-0.05, 0) is 39.0 Å². The molecule has 0 spiro atoms. The van der Waals surface area contributed by atoms with E-state index in [2.05, 4.69) is 46.9 Å². The molecular formula is C13H27NO. The smallest absolute Gasteiger partial charge is 0.0700 e. The van der Waals surface area contributed by atoms with E-state index < -0.39 is 0 Å². The van der Waals surface area contributed by atoms with E-state index in [9.17, 15) is 0 Å². The van der Waals surface area contributed by atoms with E-state index in [-0.39, 0.29) is 5.54 Å². The van der Waals surface area contributed by atoms with Gasteiger partial charge in [0.05, 0.1) is 6.10 Å². The number of nitrogens with one attached hydrogen (secondary N) is 1. The summed E-state index contributed by atoms with van der Waals surface area (Å²) in [5.74, 6) is 0. The maximum atomic E-state index is 5.58. The molecule has 0 aromatic carbocycles. The Bertz CT molecular complexity index is 205. The van der Waals surface area contributed by atoms with Crippen LogP contribution in [-0.2, 0) is 4.74 Å². The lowest BCUT2D eigenvalue weighted by Crippen LogP contribution is -2.50. The van der Waals surface area contributed by atoms with Gasteiger partial charge >= 0.3 is 0 Å². The van der Waals surface area contributed by atoms with Crippen LogP contribution >= 0.6 is 0 Å². The minimum absolute atomic E-state index is 0.199. The molecule has 2 unspecified atom stereocenters. The molecule has 1 heterocycles. The summed E-state index contributed by atoms with van der Waals surface area (Å²) < 4.78 is 5.58. The van der Waals surface area contributed by atoms with E-state index >= 15 is 0 Å². The van der Waals surface area contributed by atoms with Crippen molar-refractivity contribution in [3.8, 4) is 0 Å². The largest absolute Gasteiger partial charge is 0.377 e. The Morgan fingerprint density at radius 1 is 1.20 bits per heavy atom. The van der Waals surface area contributed by atoms with Crippen LogP contribution in [0.1, 0.15) is 54.4 Å². The van der Waals surface area contributed by atoms with Crippen molar-refractivity contribution in [2.75, 3.05) is 6.61 Å². The van der Waals surface area contributed by atoms with Crippen molar-refractivity contribution in [3.63, 3.8) is 0 Å². The Hall–Kier alpha value is -0.0800. The first kappa shape index (κ1) is 13.0. The molecule has 90 valence electrons. The molecule has 1 aliphatic rings. The number of hydrogen-bond acceptors (Lipinski definition) is 2. The van der Waals surface area contributed by atoms with E-state index in [1.54, 1.807) is 0 Å². The van der Waals surface area contributed by atoms with Crippen LogP contribution in [0, 0.1) is 5.41 Å². The van der Waals surface area contributed by atoms with Crippen molar-refractivity contribution in [1.82, 2.24) is 5.32 Å². The van der Waals surface area contributed by atoms with Gasteiger partial charge in [0.15, 0.2) is 0 Å². The molecule has 0 amide bonds. The lowest BCUT2D eigenvalue weighted by molar-refractivity contribution is 0.102.